The second kappa shape index (κ2) is 10.5. The number of amides is 1. The Balaban J connectivity index is 1.64. The largest absolute Gasteiger partial charge is 0.497 e. The number of hydrogen-bond acceptors (Lipinski definition) is 8. The number of nitrogens with zero attached hydrogens (tertiary/aromatic N) is 2. The molecule has 9 heteroatoms. The zero-order valence-corrected chi connectivity index (χ0v) is 18.5. The van der Waals surface area contributed by atoms with E-state index in [1.165, 1.54) is 11.8 Å². The molecule has 0 unspecified atom stereocenters. The van der Waals surface area contributed by atoms with E-state index in [0.29, 0.717) is 33.7 Å². The lowest BCUT2D eigenvalue weighted by atomic mass is 10.1. The van der Waals surface area contributed by atoms with Crippen LogP contribution < -0.4 is 24.3 Å². The Kier molecular flexibility index (Phi) is 7.55. The number of anilines is 1. The molecule has 0 aliphatic carbocycles. The van der Waals surface area contributed by atoms with Gasteiger partial charge in [-0.15, -0.1) is 10.2 Å². The molecule has 8 nitrogen and oxygen atoms in total. The summed E-state index contributed by atoms with van der Waals surface area (Å²) >= 11 is 1.30. The number of carbonyl (C=O) groups is 1. The van der Waals surface area contributed by atoms with Gasteiger partial charge in [0.15, 0.2) is 11.5 Å². The van der Waals surface area contributed by atoms with Crippen LogP contribution >= 0.6 is 11.8 Å². The number of benzene rings is 2. The first-order valence-electron chi connectivity index (χ1n) is 9.28. The summed E-state index contributed by atoms with van der Waals surface area (Å²) in [5.74, 6) is 2.39. The van der Waals surface area contributed by atoms with Crippen molar-refractivity contribution in [2.45, 2.75) is 5.03 Å². The number of carbonyl (C=O) groups excluding carboxylic acids is 1. The Morgan fingerprint density at radius 1 is 0.871 bits per heavy atom. The van der Waals surface area contributed by atoms with Gasteiger partial charge < -0.3 is 24.3 Å². The fraction of sp³-hybridized carbons (Fsp3) is 0.227. The van der Waals surface area contributed by atoms with Crippen molar-refractivity contribution in [3.05, 3.63) is 48.5 Å². The van der Waals surface area contributed by atoms with E-state index in [1.807, 2.05) is 12.1 Å². The number of hydrogen-bond donors (Lipinski definition) is 1. The molecule has 0 radical (unpaired) electrons. The molecule has 1 heterocycles. The lowest BCUT2D eigenvalue weighted by Crippen LogP contribution is -2.14. The quantitative estimate of drug-likeness (QED) is 0.500. The number of methoxy groups -OCH3 is 4. The van der Waals surface area contributed by atoms with Crippen LogP contribution in [0.5, 0.6) is 23.0 Å². The second-order valence-corrected chi connectivity index (χ2v) is 7.23. The van der Waals surface area contributed by atoms with Gasteiger partial charge in [-0.05, 0) is 48.5 Å². The van der Waals surface area contributed by atoms with Gasteiger partial charge in [0.2, 0.25) is 11.7 Å². The fourth-order valence-electron chi connectivity index (χ4n) is 2.79. The summed E-state index contributed by atoms with van der Waals surface area (Å²) in [5, 5.41) is 12.0. The van der Waals surface area contributed by atoms with Crippen molar-refractivity contribution in [2.24, 2.45) is 0 Å². The maximum absolute atomic E-state index is 12.2. The van der Waals surface area contributed by atoms with Crippen molar-refractivity contribution in [3.8, 4) is 34.3 Å². The molecule has 0 saturated carbocycles. The molecule has 0 saturated heterocycles. The minimum atomic E-state index is -0.134. The minimum absolute atomic E-state index is 0.134. The molecule has 2 aromatic carbocycles. The van der Waals surface area contributed by atoms with Crippen LogP contribution in [0, 0.1) is 0 Å². The average Bonchev–Trinajstić information content (AvgIpc) is 2.82. The first kappa shape index (κ1) is 22.2. The van der Waals surface area contributed by atoms with Crippen LogP contribution in [0.25, 0.3) is 11.3 Å². The van der Waals surface area contributed by atoms with Gasteiger partial charge in [-0.25, -0.2) is 0 Å². The summed E-state index contributed by atoms with van der Waals surface area (Å²) in [5.41, 5.74) is 2.12. The molecule has 1 amide bonds. The normalized spacial score (nSPS) is 10.3. The highest BCUT2D eigenvalue weighted by atomic mass is 32.2. The molecule has 3 rings (SSSR count). The SMILES string of the molecule is COc1ccc(NC(=O)CSc2ccc(-c3cc(OC)c(OC)c(OC)c3)nn2)cc1. The molecule has 0 fully saturated rings. The maximum atomic E-state index is 12.2. The third-order valence-electron chi connectivity index (χ3n) is 4.33. The standard InChI is InChI=1S/C22H23N3O5S/c1-27-16-7-5-15(6-8-16)23-20(26)13-31-21-10-9-17(24-25-21)14-11-18(28-2)22(30-4)19(12-14)29-3/h5-12H,13H2,1-4H3,(H,23,26). The van der Waals surface area contributed by atoms with Crippen LogP contribution in [0.4, 0.5) is 5.69 Å². The Bertz CT molecular complexity index is 1000. The van der Waals surface area contributed by atoms with Crippen LogP contribution in [0.3, 0.4) is 0 Å². The van der Waals surface area contributed by atoms with Crippen LogP contribution in [0.2, 0.25) is 0 Å². The van der Waals surface area contributed by atoms with Gasteiger partial charge in [-0.2, -0.15) is 0 Å². The summed E-state index contributed by atoms with van der Waals surface area (Å²) in [7, 11) is 6.27. The van der Waals surface area contributed by atoms with E-state index in [9.17, 15) is 4.79 Å². The molecular formula is C22H23N3O5S. The monoisotopic (exact) mass is 441 g/mol. The number of rotatable bonds is 9. The fourth-order valence-corrected chi connectivity index (χ4v) is 3.40. The van der Waals surface area contributed by atoms with Gasteiger partial charge in [0, 0.05) is 11.3 Å². The summed E-state index contributed by atoms with van der Waals surface area (Å²) < 4.78 is 21.2. The molecule has 0 bridgehead atoms. The second-order valence-electron chi connectivity index (χ2n) is 6.24. The van der Waals surface area contributed by atoms with Gasteiger partial charge in [0.1, 0.15) is 10.8 Å². The molecule has 0 aliphatic rings. The van der Waals surface area contributed by atoms with E-state index in [-0.39, 0.29) is 11.7 Å². The predicted molar refractivity (Wildman–Crippen MR) is 119 cm³/mol. The molecule has 0 aliphatic heterocycles. The molecule has 31 heavy (non-hydrogen) atoms. The molecular weight excluding hydrogens is 418 g/mol. The van der Waals surface area contributed by atoms with Gasteiger partial charge in [-0.1, -0.05) is 11.8 Å². The number of thioether (sulfide) groups is 1. The topological polar surface area (TPSA) is 91.8 Å². The Morgan fingerprint density at radius 3 is 2.06 bits per heavy atom. The molecule has 0 spiro atoms. The minimum Gasteiger partial charge on any atom is -0.497 e. The van der Waals surface area contributed by atoms with Crippen LogP contribution in [0.1, 0.15) is 0 Å². The van der Waals surface area contributed by atoms with Crippen molar-refractivity contribution in [1.82, 2.24) is 10.2 Å². The molecule has 3 aromatic rings. The van der Waals surface area contributed by atoms with Gasteiger partial charge in [-0.3, -0.25) is 4.79 Å². The third kappa shape index (κ3) is 5.58. The van der Waals surface area contributed by atoms with Crippen molar-refractivity contribution >= 4 is 23.4 Å². The predicted octanol–water partition coefficient (Wildman–Crippen LogP) is 3.91. The highest BCUT2D eigenvalue weighted by molar-refractivity contribution is 7.99. The summed E-state index contributed by atoms with van der Waals surface area (Å²) in [6, 6.07) is 14.4. The van der Waals surface area contributed by atoms with Gasteiger partial charge >= 0.3 is 0 Å². The third-order valence-corrected chi connectivity index (χ3v) is 5.25. The van der Waals surface area contributed by atoms with Crippen LogP contribution in [-0.4, -0.2) is 50.3 Å². The zero-order valence-electron chi connectivity index (χ0n) is 17.7. The summed E-state index contributed by atoms with van der Waals surface area (Å²) in [6.07, 6.45) is 0. The Labute approximate surface area is 184 Å². The van der Waals surface area contributed by atoms with Crippen LogP contribution in [0.15, 0.2) is 53.6 Å². The van der Waals surface area contributed by atoms with E-state index in [4.69, 9.17) is 18.9 Å². The van der Waals surface area contributed by atoms with E-state index in [2.05, 4.69) is 15.5 Å². The van der Waals surface area contributed by atoms with Crippen molar-refractivity contribution in [1.29, 1.82) is 0 Å². The van der Waals surface area contributed by atoms with Crippen LogP contribution in [-0.2, 0) is 4.79 Å². The average molecular weight is 442 g/mol. The number of aromatic nitrogens is 2. The molecule has 162 valence electrons. The number of nitrogens with one attached hydrogen (secondary N) is 1. The van der Waals surface area contributed by atoms with Gasteiger partial charge in [0.05, 0.1) is 39.9 Å². The van der Waals surface area contributed by atoms with E-state index >= 15 is 0 Å². The molecule has 1 N–H and O–H groups in total. The van der Waals surface area contributed by atoms with Crippen molar-refractivity contribution in [2.75, 3.05) is 39.5 Å². The smallest absolute Gasteiger partial charge is 0.234 e. The lowest BCUT2D eigenvalue weighted by molar-refractivity contribution is -0.113. The van der Waals surface area contributed by atoms with Crippen molar-refractivity contribution in [3.63, 3.8) is 0 Å². The molecule has 0 atom stereocenters. The highest BCUT2D eigenvalue weighted by Gasteiger charge is 2.15. The summed E-state index contributed by atoms with van der Waals surface area (Å²) in [4.78, 5) is 12.2. The van der Waals surface area contributed by atoms with Gasteiger partial charge in [0.25, 0.3) is 0 Å². The summed E-state index contributed by atoms with van der Waals surface area (Å²) in [6.45, 7) is 0. The van der Waals surface area contributed by atoms with E-state index < -0.39 is 0 Å². The first-order chi connectivity index (χ1) is 15.1. The molecule has 1 aromatic heterocycles. The maximum Gasteiger partial charge on any atom is 0.234 e. The number of ether oxygens (including phenoxy) is 4. The zero-order chi connectivity index (χ0) is 22.2. The Hall–Kier alpha value is -3.46. The lowest BCUT2D eigenvalue weighted by Gasteiger charge is -2.13. The van der Waals surface area contributed by atoms with E-state index in [1.54, 1.807) is 64.8 Å². The highest BCUT2D eigenvalue weighted by Crippen LogP contribution is 2.40. The van der Waals surface area contributed by atoms with E-state index in [0.717, 1.165) is 11.3 Å². The van der Waals surface area contributed by atoms with Crippen molar-refractivity contribution < 1.29 is 23.7 Å². The first-order valence-corrected chi connectivity index (χ1v) is 10.3. The Morgan fingerprint density at radius 2 is 1.55 bits per heavy atom.